The highest BCUT2D eigenvalue weighted by Gasteiger charge is 2.16. The monoisotopic (exact) mass is 196 g/mol. The summed E-state index contributed by atoms with van der Waals surface area (Å²) >= 11 is 0. The Morgan fingerprint density at radius 3 is 2.93 bits per heavy atom. The van der Waals surface area contributed by atoms with Gasteiger partial charge in [0.1, 0.15) is 0 Å². The molecule has 1 fully saturated rings. The van der Waals surface area contributed by atoms with E-state index in [0.717, 1.165) is 12.5 Å². The molecule has 1 atom stereocenters. The Morgan fingerprint density at radius 2 is 2.36 bits per heavy atom. The Labute approximate surface area is 88.4 Å². The van der Waals surface area contributed by atoms with Gasteiger partial charge in [-0.05, 0) is 38.8 Å². The third-order valence-corrected chi connectivity index (χ3v) is 2.83. The number of nitrogens with zero attached hydrogens (tertiary/aromatic N) is 1. The van der Waals surface area contributed by atoms with Gasteiger partial charge in [-0.1, -0.05) is 13.0 Å². The minimum Gasteiger partial charge on any atom is -0.313 e. The van der Waals surface area contributed by atoms with Crippen molar-refractivity contribution in [2.45, 2.75) is 38.6 Å². The molecule has 2 nitrogen and oxygen atoms in total. The van der Waals surface area contributed by atoms with E-state index in [4.69, 9.17) is 0 Å². The summed E-state index contributed by atoms with van der Waals surface area (Å²) in [5, 5.41) is 3.55. The van der Waals surface area contributed by atoms with Gasteiger partial charge in [-0.3, -0.25) is 0 Å². The van der Waals surface area contributed by atoms with Gasteiger partial charge in [0.15, 0.2) is 0 Å². The Balaban J connectivity index is 2.21. The number of rotatable bonds is 7. The van der Waals surface area contributed by atoms with Gasteiger partial charge in [-0.25, -0.2) is 0 Å². The normalized spacial score (nSPS) is 21.7. The van der Waals surface area contributed by atoms with Gasteiger partial charge < -0.3 is 10.2 Å². The third kappa shape index (κ3) is 4.25. The lowest BCUT2D eigenvalue weighted by atomic mass is 10.2. The summed E-state index contributed by atoms with van der Waals surface area (Å²) in [6.07, 6.45) is 7.10. The first-order chi connectivity index (χ1) is 6.86. The van der Waals surface area contributed by atoms with Crippen LogP contribution in [-0.4, -0.2) is 37.1 Å². The molecular weight excluding hydrogens is 172 g/mol. The summed E-state index contributed by atoms with van der Waals surface area (Å²) in [4.78, 5) is 2.56. The van der Waals surface area contributed by atoms with Crippen LogP contribution in [0.15, 0.2) is 12.7 Å². The molecule has 0 saturated carbocycles. The zero-order valence-corrected chi connectivity index (χ0v) is 9.47. The molecule has 1 heterocycles. The van der Waals surface area contributed by atoms with E-state index in [2.05, 4.69) is 23.7 Å². The first-order valence-electron chi connectivity index (χ1n) is 5.93. The molecule has 1 aliphatic heterocycles. The van der Waals surface area contributed by atoms with Gasteiger partial charge in [0, 0.05) is 19.1 Å². The van der Waals surface area contributed by atoms with E-state index in [1.54, 1.807) is 0 Å². The van der Waals surface area contributed by atoms with Gasteiger partial charge in [0.2, 0.25) is 0 Å². The van der Waals surface area contributed by atoms with Crippen LogP contribution in [0.5, 0.6) is 0 Å². The molecule has 1 aliphatic rings. The molecule has 1 N–H and O–H groups in total. The van der Waals surface area contributed by atoms with Crippen molar-refractivity contribution in [2.75, 3.05) is 26.2 Å². The molecule has 2 heteroatoms. The summed E-state index contributed by atoms with van der Waals surface area (Å²) in [6.45, 7) is 10.9. The fraction of sp³-hybridized carbons (Fsp3) is 0.833. The molecule has 0 aromatic carbocycles. The van der Waals surface area contributed by atoms with Crippen LogP contribution >= 0.6 is 0 Å². The van der Waals surface area contributed by atoms with Crippen LogP contribution in [0.4, 0.5) is 0 Å². The fourth-order valence-electron chi connectivity index (χ4n) is 2.11. The zero-order valence-electron chi connectivity index (χ0n) is 9.47. The second-order valence-corrected chi connectivity index (χ2v) is 4.17. The van der Waals surface area contributed by atoms with Crippen molar-refractivity contribution in [1.29, 1.82) is 0 Å². The molecule has 14 heavy (non-hydrogen) atoms. The first-order valence-corrected chi connectivity index (χ1v) is 5.93. The van der Waals surface area contributed by atoms with Crippen LogP contribution in [0, 0.1) is 0 Å². The van der Waals surface area contributed by atoms with Crippen molar-refractivity contribution in [2.24, 2.45) is 0 Å². The molecule has 82 valence electrons. The fourth-order valence-corrected chi connectivity index (χ4v) is 2.11. The minimum absolute atomic E-state index is 0.742. The summed E-state index contributed by atoms with van der Waals surface area (Å²) in [5.74, 6) is 0. The molecule has 0 aromatic rings. The topological polar surface area (TPSA) is 15.3 Å². The van der Waals surface area contributed by atoms with Gasteiger partial charge in [0.25, 0.3) is 0 Å². The van der Waals surface area contributed by atoms with E-state index in [-0.39, 0.29) is 0 Å². The molecule has 0 aliphatic carbocycles. The smallest absolute Gasteiger partial charge is 0.0195 e. The highest BCUT2D eigenvalue weighted by Crippen LogP contribution is 2.07. The molecule has 1 unspecified atom stereocenters. The van der Waals surface area contributed by atoms with E-state index in [0.29, 0.717) is 0 Å². The predicted molar refractivity (Wildman–Crippen MR) is 62.6 cm³/mol. The number of hydrogen-bond donors (Lipinski definition) is 1. The van der Waals surface area contributed by atoms with Crippen molar-refractivity contribution in [3.8, 4) is 0 Å². The quantitative estimate of drug-likeness (QED) is 0.627. The summed E-state index contributed by atoms with van der Waals surface area (Å²) < 4.78 is 0. The second kappa shape index (κ2) is 7.02. The average molecular weight is 196 g/mol. The molecule has 1 saturated heterocycles. The van der Waals surface area contributed by atoms with Gasteiger partial charge >= 0.3 is 0 Å². The highest BCUT2D eigenvalue weighted by atomic mass is 15.1. The lowest BCUT2D eigenvalue weighted by Crippen LogP contribution is -2.38. The minimum atomic E-state index is 0.742. The predicted octanol–water partition coefficient (Wildman–Crippen LogP) is 2.03. The second-order valence-electron chi connectivity index (χ2n) is 4.17. The van der Waals surface area contributed by atoms with Crippen molar-refractivity contribution in [1.82, 2.24) is 10.2 Å². The Kier molecular flexibility index (Phi) is 5.88. The third-order valence-electron chi connectivity index (χ3n) is 2.83. The van der Waals surface area contributed by atoms with E-state index in [9.17, 15) is 0 Å². The molecule has 1 rings (SSSR count). The molecular formula is C12H24N2. The maximum atomic E-state index is 3.78. The van der Waals surface area contributed by atoms with Crippen LogP contribution in [0.1, 0.15) is 32.6 Å². The van der Waals surface area contributed by atoms with E-state index in [1.165, 1.54) is 45.4 Å². The number of nitrogens with one attached hydrogen (secondary N) is 1. The van der Waals surface area contributed by atoms with Crippen LogP contribution in [0.2, 0.25) is 0 Å². The standard InChI is InChI=1S/C12H24N2/c1-3-5-10-14(9-4-2)11-12-7-6-8-13-12/h3,12-13H,1,4-11H2,2H3. The molecule has 0 bridgehead atoms. The van der Waals surface area contributed by atoms with Crippen LogP contribution < -0.4 is 5.32 Å². The Morgan fingerprint density at radius 1 is 1.50 bits per heavy atom. The summed E-state index contributed by atoms with van der Waals surface area (Å²) in [6, 6.07) is 0.742. The van der Waals surface area contributed by atoms with Gasteiger partial charge in [-0.15, -0.1) is 6.58 Å². The maximum Gasteiger partial charge on any atom is 0.0195 e. The number of hydrogen-bond acceptors (Lipinski definition) is 2. The Hall–Kier alpha value is -0.340. The van der Waals surface area contributed by atoms with E-state index >= 15 is 0 Å². The molecule has 0 aromatic heterocycles. The largest absolute Gasteiger partial charge is 0.313 e. The van der Waals surface area contributed by atoms with E-state index < -0.39 is 0 Å². The van der Waals surface area contributed by atoms with Crippen molar-refractivity contribution in [3.05, 3.63) is 12.7 Å². The molecule has 0 radical (unpaired) electrons. The maximum absolute atomic E-state index is 3.78. The lowest BCUT2D eigenvalue weighted by Gasteiger charge is -2.24. The van der Waals surface area contributed by atoms with Crippen molar-refractivity contribution in [3.63, 3.8) is 0 Å². The Bertz CT molecular complexity index is 150. The lowest BCUT2D eigenvalue weighted by molar-refractivity contribution is 0.254. The summed E-state index contributed by atoms with van der Waals surface area (Å²) in [5.41, 5.74) is 0. The van der Waals surface area contributed by atoms with E-state index in [1.807, 2.05) is 6.08 Å². The zero-order chi connectivity index (χ0) is 10.2. The molecule has 0 spiro atoms. The molecule has 0 amide bonds. The first kappa shape index (κ1) is 11.7. The average Bonchev–Trinajstić information content (AvgIpc) is 2.67. The summed E-state index contributed by atoms with van der Waals surface area (Å²) in [7, 11) is 0. The van der Waals surface area contributed by atoms with Crippen LogP contribution in [-0.2, 0) is 0 Å². The van der Waals surface area contributed by atoms with Crippen molar-refractivity contribution < 1.29 is 0 Å². The van der Waals surface area contributed by atoms with Gasteiger partial charge in [-0.2, -0.15) is 0 Å². The highest BCUT2D eigenvalue weighted by molar-refractivity contribution is 4.79. The van der Waals surface area contributed by atoms with Gasteiger partial charge in [0.05, 0.1) is 0 Å². The van der Waals surface area contributed by atoms with Crippen molar-refractivity contribution >= 4 is 0 Å². The van der Waals surface area contributed by atoms with Crippen LogP contribution in [0.3, 0.4) is 0 Å². The SMILES string of the molecule is C=CCCN(CCC)CC1CCCN1. The van der Waals surface area contributed by atoms with Crippen LogP contribution in [0.25, 0.3) is 0 Å².